The molecule has 2 nitrogen and oxygen atoms in total. The first-order chi connectivity index (χ1) is 4.13. The number of hydrogen-bond acceptors (Lipinski definition) is 2. The summed E-state index contributed by atoms with van der Waals surface area (Å²) in [5, 5.41) is 2.64. The van der Waals surface area contributed by atoms with E-state index >= 15 is 0 Å². The molecule has 0 bridgehead atoms. The molecule has 0 aromatic heterocycles. The Morgan fingerprint density at radius 3 is 3.33 bits per heavy atom. The first kappa shape index (κ1) is 1.80. The van der Waals surface area contributed by atoms with Crippen molar-refractivity contribution >= 4 is 0 Å². The fourth-order valence-electron chi connectivity index (χ4n) is 0.324. The number of nitrogens with one attached hydrogen (secondary N) is 1. The average Bonchev–Trinajstić information content (AvgIpc) is 1.77. The zero-order valence-electron chi connectivity index (χ0n) is 6.40. The van der Waals surface area contributed by atoms with Crippen LogP contribution in [0.4, 0.5) is 0 Å². The van der Waals surface area contributed by atoms with Crippen LogP contribution in [0.1, 0.15) is 4.11 Å². The van der Waals surface area contributed by atoms with Crippen molar-refractivity contribution in [2.75, 3.05) is 26.2 Å². The molecular weight excluding hydrogens is 78.0 g/mol. The van der Waals surface area contributed by atoms with Crippen LogP contribution in [0.15, 0.2) is 0 Å². The van der Waals surface area contributed by atoms with Crippen LogP contribution in [0.2, 0.25) is 0 Å². The molecule has 1 unspecified atom stereocenters. The standard InChI is InChI=1S/C4H9NO/c1-3-6-4-2-5-1/h5H,1-4H2/i1D,3D2. The smallest absolute Gasteiger partial charge is 0.0591 e. The summed E-state index contributed by atoms with van der Waals surface area (Å²) < 4.78 is 25.8. The summed E-state index contributed by atoms with van der Waals surface area (Å²) >= 11 is 0. The topological polar surface area (TPSA) is 21.3 Å². The van der Waals surface area contributed by atoms with Crippen LogP contribution in [0.3, 0.4) is 0 Å². The van der Waals surface area contributed by atoms with E-state index in [1.54, 1.807) is 0 Å². The monoisotopic (exact) mass is 90.1 g/mol. The highest BCUT2D eigenvalue weighted by molar-refractivity contribution is 4.49. The third kappa shape index (κ3) is 0.954. The van der Waals surface area contributed by atoms with E-state index < -0.39 is 13.1 Å². The zero-order valence-corrected chi connectivity index (χ0v) is 3.40. The van der Waals surface area contributed by atoms with E-state index in [4.69, 9.17) is 4.11 Å². The van der Waals surface area contributed by atoms with Gasteiger partial charge in [0.25, 0.3) is 0 Å². The number of hydrogen-bond donors (Lipinski definition) is 1. The van der Waals surface area contributed by atoms with Crippen molar-refractivity contribution < 1.29 is 8.85 Å². The molecule has 0 aromatic carbocycles. The molecule has 0 saturated carbocycles. The molecule has 1 aliphatic heterocycles. The minimum absolute atomic E-state index is 0.350. The van der Waals surface area contributed by atoms with Crippen LogP contribution in [0.5, 0.6) is 0 Å². The summed E-state index contributed by atoms with van der Waals surface area (Å²) in [6.45, 7) is -1.83. The van der Waals surface area contributed by atoms with Crippen LogP contribution in [0.25, 0.3) is 0 Å². The highest BCUT2D eigenvalue weighted by atomic mass is 16.5. The molecule has 1 N–H and O–H groups in total. The second-order valence-electron chi connectivity index (χ2n) is 1.06. The molecule has 36 valence electrons. The molecule has 2 heteroatoms. The van der Waals surface area contributed by atoms with Crippen molar-refractivity contribution in [3.8, 4) is 0 Å². The second kappa shape index (κ2) is 2.16. The molecule has 0 radical (unpaired) electrons. The second-order valence-corrected chi connectivity index (χ2v) is 1.06. The van der Waals surface area contributed by atoms with Gasteiger partial charge in [-0.15, -0.1) is 0 Å². The van der Waals surface area contributed by atoms with Gasteiger partial charge in [-0.3, -0.25) is 0 Å². The average molecular weight is 90.1 g/mol. The lowest BCUT2D eigenvalue weighted by molar-refractivity contribution is 0.109. The van der Waals surface area contributed by atoms with E-state index in [0.29, 0.717) is 13.2 Å². The predicted octanol–water partition coefficient (Wildman–Crippen LogP) is -0.394. The van der Waals surface area contributed by atoms with E-state index in [-0.39, 0.29) is 0 Å². The Kier molecular flexibility index (Phi) is 0.648. The Hall–Kier alpha value is -0.0800. The van der Waals surface area contributed by atoms with Crippen LogP contribution in [-0.2, 0) is 4.74 Å². The lowest BCUT2D eigenvalue weighted by Crippen LogP contribution is -2.30. The van der Waals surface area contributed by atoms with Gasteiger partial charge in [-0.25, -0.2) is 0 Å². The zero-order chi connectivity index (χ0) is 6.91. The molecule has 1 saturated heterocycles. The summed E-state index contributed by atoms with van der Waals surface area (Å²) in [5.41, 5.74) is 0. The lowest BCUT2D eigenvalue weighted by Gasteiger charge is -2.10. The quantitative estimate of drug-likeness (QED) is 0.437. The van der Waals surface area contributed by atoms with Crippen LogP contribution >= 0.6 is 0 Å². The number of rotatable bonds is 0. The van der Waals surface area contributed by atoms with E-state index in [9.17, 15) is 0 Å². The summed E-state index contributed by atoms with van der Waals surface area (Å²) in [6, 6.07) is 0. The van der Waals surface area contributed by atoms with Crippen LogP contribution in [-0.4, -0.2) is 26.2 Å². The van der Waals surface area contributed by atoms with Crippen molar-refractivity contribution in [1.82, 2.24) is 5.32 Å². The molecule has 1 aliphatic rings. The van der Waals surface area contributed by atoms with Gasteiger partial charge in [0.1, 0.15) is 0 Å². The summed E-state index contributed by atoms with van der Waals surface area (Å²) in [5.74, 6) is 0. The van der Waals surface area contributed by atoms with Crippen molar-refractivity contribution in [3.05, 3.63) is 0 Å². The maximum atomic E-state index is 7.06. The first-order valence-electron chi connectivity index (χ1n) is 3.50. The summed E-state index contributed by atoms with van der Waals surface area (Å²) in [4.78, 5) is 0. The molecular formula is C4H9NO. The molecule has 0 aromatic rings. The van der Waals surface area contributed by atoms with Crippen molar-refractivity contribution in [2.45, 2.75) is 0 Å². The molecule has 0 amide bonds. The van der Waals surface area contributed by atoms with Crippen LogP contribution < -0.4 is 5.32 Å². The van der Waals surface area contributed by atoms with E-state index in [1.807, 2.05) is 0 Å². The molecule has 1 rings (SSSR count). The largest absolute Gasteiger partial charge is 0.379 e. The molecule has 1 heterocycles. The predicted molar refractivity (Wildman–Crippen MR) is 23.7 cm³/mol. The molecule has 1 fully saturated rings. The van der Waals surface area contributed by atoms with Gasteiger partial charge in [0.15, 0.2) is 0 Å². The van der Waals surface area contributed by atoms with Gasteiger partial charge >= 0.3 is 0 Å². The van der Waals surface area contributed by atoms with Crippen LogP contribution in [0, 0.1) is 0 Å². The van der Waals surface area contributed by atoms with Gasteiger partial charge in [0.05, 0.1) is 15.9 Å². The molecule has 1 atom stereocenters. The Bertz CT molecular complexity index is 108. The highest BCUT2D eigenvalue weighted by Crippen LogP contribution is 1.76. The Balaban J connectivity index is 2.49. The normalized spacial score (nSPS) is 52.0. The Labute approximate surface area is 41.7 Å². The van der Waals surface area contributed by atoms with E-state index in [2.05, 4.69) is 10.1 Å². The lowest BCUT2D eigenvalue weighted by atomic mass is 10.5. The number of morpholine rings is 1. The van der Waals surface area contributed by atoms with Gasteiger partial charge in [0, 0.05) is 14.4 Å². The molecule has 6 heavy (non-hydrogen) atoms. The number of ether oxygens (including phenoxy) is 1. The van der Waals surface area contributed by atoms with Crippen molar-refractivity contribution in [3.63, 3.8) is 0 Å². The third-order valence-corrected chi connectivity index (χ3v) is 0.593. The maximum absolute atomic E-state index is 7.06. The van der Waals surface area contributed by atoms with Gasteiger partial charge in [-0.1, -0.05) is 0 Å². The fourth-order valence-corrected chi connectivity index (χ4v) is 0.324. The van der Waals surface area contributed by atoms with Crippen molar-refractivity contribution in [2.24, 2.45) is 0 Å². The Morgan fingerprint density at radius 1 is 1.83 bits per heavy atom. The fraction of sp³-hybridized carbons (Fsp3) is 1.00. The van der Waals surface area contributed by atoms with Crippen molar-refractivity contribution in [1.29, 1.82) is 0 Å². The minimum Gasteiger partial charge on any atom is -0.379 e. The van der Waals surface area contributed by atoms with Gasteiger partial charge in [-0.05, 0) is 0 Å². The minimum atomic E-state index is -1.81. The highest BCUT2D eigenvalue weighted by Gasteiger charge is 1.92. The first-order valence-corrected chi connectivity index (χ1v) is 1.92. The Morgan fingerprint density at radius 2 is 2.83 bits per heavy atom. The SMILES string of the molecule is [2H]C1NCCOC1([2H])[2H]. The summed E-state index contributed by atoms with van der Waals surface area (Å²) in [7, 11) is 0. The molecule has 0 aliphatic carbocycles. The van der Waals surface area contributed by atoms with E-state index in [0.717, 1.165) is 0 Å². The summed E-state index contributed by atoms with van der Waals surface area (Å²) in [6.07, 6.45) is 0. The van der Waals surface area contributed by atoms with Gasteiger partial charge < -0.3 is 10.1 Å². The maximum Gasteiger partial charge on any atom is 0.0591 e. The molecule has 0 spiro atoms. The van der Waals surface area contributed by atoms with E-state index in [1.165, 1.54) is 0 Å². The third-order valence-electron chi connectivity index (χ3n) is 0.593. The van der Waals surface area contributed by atoms with Gasteiger partial charge in [-0.2, -0.15) is 0 Å². The van der Waals surface area contributed by atoms with Gasteiger partial charge in [0.2, 0.25) is 0 Å².